The van der Waals surface area contributed by atoms with Gasteiger partial charge in [0.15, 0.2) is 0 Å². The van der Waals surface area contributed by atoms with Crippen LogP contribution in [0.2, 0.25) is 0 Å². The quantitative estimate of drug-likeness (QED) is 0.681. The van der Waals surface area contributed by atoms with E-state index in [1.54, 1.807) is 0 Å². The van der Waals surface area contributed by atoms with Gasteiger partial charge in [-0.05, 0) is 43.4 Å². The van der Waals surface area contributed by atoms with Gasteiger partial charge in [0.25, 0.3) is 0 Å². The Bertz CT molecular complexity index is 349. The first-order valence-electron chi connectivity index (χ1n) is 7.51. The van der Waals surface area contributed by atoms with Gasteiger partial charge in [-0.1, -0.05) is 45.0 Å². The summed E-state index contributed by atoms with van der Waals surface area (Å²) in [7, 11) is 2.03. The van der Waals surface area contributed by atoms with Crippen molar-refractivity contribution in [1.82, 2.24) is 5.32 Å². The Morgan fingerprint density at radius 3 is 2.63 bits per heavy atom. The second-order valence-electron chi connectivity index (χ2n) is 5.59. The molecule has 2 nitrogen and oxygen atoms in total. The minimum atomic E-state index is 0.393. The summed E-state index contributed by atoms with van der Waals surface area (Å²) in [5.41, 5.74) is 2.81. The highest BCUT2D eigenvalue weighted by molar-refractivity contribution is 5.26. The maximum Gasteiger partial charge on any atom is 0.0484 e. The second-order valence-corrected chi connectivity index (χ2v) is 5.59. The molecule has 1 unspecified atom stereocenters. The van der Waals surface area contributed by atoms with Crippen molar-refractivity contribution in [3.05, 3.63) is 35.4 Å². The average Bonchev–Trinajstić information content (AvgIpc) is 2.38. The molecule has 0 saturated heterocycles. The van der Waals surface area contributed by atoms with E-state index in [1.807, 2.05) is 7.05 Å². The van der Waals surface area contributed by atoms with E-state index in [1.165, 1.54) is 11.1 Å². The molecular formula is C17H29NO. The van der Waals surface area contributed by atoms with Crippen LogP contribution in [0.5, 0.6) is 0 Å². The zero-order valence-corrected chi connectivity index (χ0v) is 12.9. The van der Waals surface area contributed by atoms with Crippen LogP contribution in [0.4, 0.5) is 0 Å². The maximum atomic E-state index is 5.59. The number of nitrogens with one attached hydrogen (secondary N) is 1. The van der Waals surface area contributed by atoms with E-state index in [0.717, 1.165) is 32.5 Å². The molecule has 1 N–H and O–H groups in total. The Morgan fingerprint density at radius 2 is 2.00 bits per heavy atom. The van der Waals surface area contributed by atoms with Crippen LogP contribution in [0, 0.1) is 5.92 Å². The zero-order valence-electron chi connectivity index (χ0n) is 12.9. The summed E-state index contributed by atoms with van der Waals surface area (Å²) < 4.78 is 5.59. The van der Waals surface area contributed by atoms with Gasteiger partial charge in [0.2, 0.25) is 0 Å². The highest BCUT2D eigenvalue weighted by Crippen LogP contribution is 2.19. The van der Waals surface area contributed by atoms with Gasteiger partial charge in [-0.3, -0.25) is 0 Å². The lowest BCUT2D eigenvalue weighted by atomic mass is 9.97. The van der Waals surface area contributed by atoms with Gasteiger partial charge < -0.3 is 10.1 Å². The summed E-state index contributed by atoms with van der Waals surface area (Å²) in [5, 5.41) is 3.40. The van der Waals surface area contributed by atoms with Crippen molar-refractivity contribution >= 4 is 0 Å². The predicted octanol–water partition coefficient (Wildman–Crippen LogP) is 3.96. The number of hydrogen-bond acceptors (Lipinski definition) is 2. The fraction of sp³-hybridized carbons (Fsp3) is 0.647. The number of rotatable bonds is 9. The van der Waals surface area contributed by atoms with Gasteiger partial charge in [-0.25, -0.2) is 0 Å². The Balaban J connectivity index is 2.59. The first kappa shape index (κ1) is 16.2. The summed E-state index contributed by atoms with van der Waals surface area (Å²) in [4.78, 5) is 0. The van der Waals surface area contributed by atoms with E-state index < -0.39 is 0 Å². The minimum Gasteiger partial charge on any atom is -0.381 e. The summed E-state index contributed by atoms with van der Waals surface area (Å²) in [6.45, 7) is 8.37. The van der Waals surface area contributed by atoms with Crippen LogP contribution in [-0.4, -0.2) is 20.3 Å². The SMILES string of the molecule is CCCOCCC(NC)c1cccc(CC(C)C)c1. The fourth-order valence-corrected chi connectivity index (χ4v) is 2.33. The van der Waals surface area contributed by atoms with E-state index in [0.29, 0.717) is 12.0 Å². The molecular weight excluding hydrogens is 234 g/mol. The molecule has 1 aromatic rings. The van der Waals surface area contributed by atoms with Gasteiger partial charge in [0.1, 0.15) is 0 Å². The van der Waals surface area contributed by atoms with Crippen LogP contribution in [0.3, 0.4) is 0 Å². The first-order chi connectivity index (χ1) is 9.17. The molecule has 19 heavy (non-hydrogen) atoms. The van der Waals surface area contributed by atoms with Crippen LogP contribution < -0.4 is 5.32 Å². The van der Waals surface area contributed by atoms with Crippen molar-refractivity contribution in [2.24, 2.45) is 5.92 Å². The third-order valence-corrected chi connectivity index (χ3v) is 3.25. The van der Waals surface area contributed by atoms with Crippen LogP contribution in [0.25, 0.3) is 0 Å². The van der Waals surface area contributed by atoms with Gasteiger partial charge >= 0.3 is 0 Å². The lowest BCUT2D eigenvalue weighted by molar-refractivity contribution is 0.125. The Hall–Kier alpha value is -0.860. The van der Waals surface area contributed by atoms with Crippen LogP contribution >= 0.6 is 0 Å². The molecule has 0 amide bonds. The third-order valence-electron chi connectivity index (χ3n) is 3.25. The Labute approximate surface area is 118 Å². The van der Waals surface area contributed by atoms with E-state index in [9.17, 15) is 0 Å². The number of ether oxygens (including phenoxy) is 1. The topological polar surface area (TPSA) is 21.3 Å². The van der Waals surface area contributed by atoms with Gasteiger partial charge in [-0.15, -0.1) is 0 Å². The Kier molecular flexibility index (Phi) is 7.76. The van der Waals surface area contributed by atoms with Crippen LogP contribution in [0.1, 0.15) is 50.8 Å². The molecule has 0 aliphatic rings. The summed E-state index contributed by atoms with van der Waals surface area (Å²) >= 11 is 0. The molecule has 0 aliphatic heterocycles. The molecule has 0 aliphatic carbocycles. The molecule has 0 heterocycles. The second kappa shape index (κ2) is 9.11. The average molecular weight is 263 g/mol. The lowest BCUT2D eigenvalue weighted by Gasteiger charge is -2.18. The van der Waals surface area contributed by atoms with Crippen molar-refractivity contribution in [1.29, 1.82) is 0 Å². The van der Waals surface area contributed by atoms with Gasteiger partial charge in [-0.2, -0.15) is 0 Å². The molecule has 0 spiro atoms. The highest BCUT2D eigenvalue weighted by atomic mass is 16.5. The van der Waals surface area contributed by atoms with E-state index in [2.05, 4.69) is 50.4 Å². The smallest absolute Gasteiger partial charge is 0.0484 e. The molecule has 0 fully saturated rings. The Morgan fingerprint density at radius 1 is 1.21 bits per heavy atom. The van der Waals surface area contributed by atoms with Crippen molar-refractivity contribution in [2.45, 2.75) is 46.1 Å². The maximum absolute atomic E-state index is 5.59. The van der Waals surface area contributed by atoms with Crippen molar-refractivity contribution in [3.8, 4) is 0 Å². The van der Waals surface area contributed by atoms with Crippen molar-refractivity contribution in [2.75, 3.05) is 20.3 Å². The number of benzene rings is 1. The molecule has 0 aromatic heterocycles. The lowest BCUT2D eigenvalue weighted by Crippen LogP contribution is -2.18. The fourth-order valence-electron chi connectivity index (χ4n) is 2.33. The van der Waals surface area contributed by atoms with E-state index in [-0.39, 0.29) is 0 Å². The standard InChI is InChI=1S/C17H29NO/c1-5-10-19-11-9-17(18-4)16-8-6-7-15(13-16)12-14(2)3/h6-8,13-14,17-18H,5,9-12H2,1-4H3. The zero-order chi connectivity index (χ0) is 14.1. The summed E-state index contributed by atoms with van der Waals surface area (Å²) in [6.07, 6.45) is 3.27. The molecule has 0 bridgehead atoms. The third kappa shape index (κ3) is 6.22. The van der Waals surface area contributed by atoms with Crippen molar-refractivity contribution < 1.29 is 4.74 Å². The molecule has 1 atom stereocenters. The van der Waals surface area contributed by atoms with Crippen LogP contribution in [0.15, 0.2) is 24.3 Å². The molecule has 108 valence electrons. The van der Waals surface area contributed by atoms with Gasteiger partial charge in [0, 0.05) is 19.3 Å². The van der Waals surface area contributed by atoms with Crippen molar-refractivity contribution in [3.63, 3.8) is 0 Å². The van der Waals surface area contributed by atoms with E-state index >= 15 is 0 Å². The largest absolute Gasteiger partial charge is 0.381 e. The minimum absolute atomic E-state index is 0.393. The number of hydrogen-bond donors (Lipinski definition) is 1. The molecule has 0 radical (unpaired) electrons. The molecule has 1 rings (SSSR count). The monoisotopic (exact) mass is 263 g/mol. The first-order valence-corrected chi connectivity index (χ1v) is 7.51. The van der Waals surface area contributed by atoms with E-state index in [4.69, 9.17) is 4.74 Å². The van der Waals surface area contributed by atoms with Gasteiger partial charge in [0.05, 0.1) is 0 Å². The van der Waals surface area contributed by atoms with Crippen LogP contribution in [-0.2, 0) is 11.2 Å². The highest BCUT2D eigenvalue weighted by Gasteiger charge is 2.09. The molecule has 1 aromatic carbocycles. The predicted molar refractivity (Wildman–Crippen MR) is 82.5 cm³/mol. The summed E-state index contributed by atoms with van der Waals surface area (Å²) in [6, 6.07) is 9.34. The normalized spacial score (nSPS) is 12.9. The molecule has 0 saturated carbocycles. The summed E-state index contributed by atoms with van der Waals surface area (Å²) in [5.74, 6) is 0.705. The molecule has 2 heteroatoms.